The molecule has 2 aromatic heterocycles. The zero-order valence-electron chi connectivity index (χ0n) is 13.8. The number of para-hydroxylation sites is 1. The van der Waals surface area contributed by atoms with Gasteiger partial charge in [0.1, 0.15) is 23.5 Å². The summed E-state index contributed by atoms with van der Waals surface area (Å²) in [6.45, 7) is 0. The highest BCUT2D eigenvalue weighted by Gasteiger charge is 2.13. The average Bonchev–Trinajstić information content (AvgIpc) is 3.02. The number of hydrogen-bond acceptors (Lipinski definition) is 6. The van der Waals surface area contributed by atoms with Crippen LogP contribution in [0, 0.1) is 0 Å². The lowest BCUT2D eigenvalue weighted by molar-refractivity contribution is 0.416. The number of nitrogens with one attached hydrogen (secondary N) is 3. The first-order valence-corrected chi connectivity index (χ1v) is 8.62. The number of hydrogen-bond donors (Lipinski definition) is 3. The van der Waals surface area contributed by atoms with Gasteiger partial charge in [-0.2, -0.15) is 0 Å². The van der Waals surface area contributed by atoms with Gasteiger partial charge < -0.3 is 15.0 Å². The molecule has 25 heavy (non-hydrogen) atoms. The van der Waals surface area contributed by atoms with Gasteiger partial charge in [-0.15, -0.1) is 0 Å². The Morgan fingerprint density at radius 2 is 2.00 bits per heavy atom. The van der Waals surface area contributed by atoms with Gasteiger partial charge in [-0.25, -0.2) is 9.97 Å². The lowest BCUT2D eigenvalue weighted by Crippen LogP contribution is -1.99. The van der Waals surface area contributed by atoms with E-state index in [4.69, 9.17) is 4.74 Å². The number of aromatic amines is 1. The summed E-state index contributed by atoms with van der Waals surface area (Å²) in [6.07, 6.45) is 1.55. The molecule has 2 heterocycles. The Kier molecular flexibility index (Phi) is 4.17. The zero-order chi connectivity index (χ0) is 17.2. The highest BCUT2D eigenvalue weighted by molar-refractivity contribution is 7.97. The van der Waals surface area contributed by atoms with Gasteiger partial charge in [-0.05, 0) is 43.3 Å². The van der Waals surface area contributed by atoms with E-state index < -0.39 is 0 Å². The first-order valence-electron chi connectivity index (χ1n) is 7.80. The SMILES string of the molecule is CNSc1ccc(OC)c(Nc2ncnc3[nH]c4ccccc4c23)c1. The number of methoxy groups -OCH3 is 1. The smallest absolute Gasteiger partial charge is 0.144 e. The summed E-state index contributed by atoms with van der Waals surface area (Å²) in [4.78, 5) is 13.2. The van der Waals surface area contributed by atoms with Crippen LogP contribution in [0.4, 0.5) is 11.5 Å². The molecule has 0 atom stereocenters. The van der Waals surface area contributed by atoms with Crippen LogP contribution >= 0.6 is 11.9 Å². The molecule has 3 N–H and O–H groups in total. The number of aromatic nitrogens is 3. The molecule has 0 unspecified atom stereocenters. The number of nitrogens with zero attached hydrogens (tertiary/aromatic N) is 2. The van der Waals surface area contributed by atoms with Crippen LogP contribution < -0.4 is 14.8 Å². The molecule has 0 amide bonds. The fraction of sp³-hybridized carbons (Fsp3) is 0.111. The number of ether oxygens (including phenoxy) is 1. The van der Waals surface area contributed by atoms with Crippen molar-refractivity contribution in [2.24, 2.45) is 0 Å². The highest BCUT2D eigenvalue weighted by Crippen LogP contribution is 2.35. The summed E-state index contributed by atoms with van der Waals surface area (Å²) in [5.41, 5.74) is 2.69. The summed E-state index contributed by atoms with van der Waals surface area (Å²) in [6, 6.07) is 14.1. The summed E-state index contributed by atoms with van der Waals surface area (Å²) < 4.78 is 8.57. The van der Waals surface area contributed by atoms with E-state index in [-0.39, 0.29) is 0 Å². The summed E-state index contributed by atoms with van der Waals surface area (Å²) in [5.74, 6) is 1.50. The quantitative estimate of drug-likeness (QED) is 0.470. The van der Waals surface area contributed by atoms with E-state index >= 15 is 0 Å². The van der Waals surface area contributed by atoms with Crippen molar-refractivity contribution in [1.82, 2.24) is 19.7 Å². The Bertz CT molecular complexity index is 1050. The molecule has 0 aliphatic rings. The third kappa shape index (κ3) is 2.88. The fourth-order valence-corrected chi connectivity index (χ4v) is 3.41. The zero-order valence-corrected chi connectivity index (χ0v) is 14.6. The second kappa shape index (κ2) is 6.62. The molecule has 0 bridgehead atoms. The highest BCUT2D eigenvalue weighted by atomic mass is 32.2. The van der Waals surface area contributed by atoms with Gasteiger partial charge in [0.05, 0.1) is 18.2 Å². The second-order valence-electron chi connectivity index (χ2n) is 5.41. The minimum atomic E-state index is 0.743. The monoisotopic (exact) mass is 351 g/mol. The Hall–Kier alpha value is -2.77. The molecule has 4 rings (SSSR count). The standard InChI is InChI=1S/C18H17N5OS/c1-19-25-11-7-8-15(24-2)14(9-11)23-18-16-12-5-3-4-6-13(12)22-17(16)20-10-21-18/h3-10,19H,1-2H3,(H2,20,21,22,23). The summed E-state index contributed by atoms with van der Waals surface area (Å²) in [7, 11) is 3.55. The van der Waals surface area contributed by atoms with Crippen LogP contribution in [-0.2, 0) is 0 Å². The Balaban J connectivity index is 1.84. The van der Waals surface area contributed by atoms with Gasteiger partial charge in [-0.1, -0.05) is 18.2 Å². The number of anilines is 2. The topological polar surface area (TPSA) is 74.9 Å². The minimum absolute atomic E-state index is 0.743. The normalized spacial score (nSPS) is 11.1. The maximum absolute atomic E-state index is 5.49. The second-order valence-corrected chi connectivity index (χ2v) is 6.49. The van der Waals surface area contributed by atoms with Crippen LogP contribution in [-0.4, -0.2) is 29.1 Å². The van der Waals surface area contributed by atoms with E-state index in [1.165, 1.54) is 0 Å². The molecule has 0 fully saturated rings. The number of H-pyrrole nitrogens is 1. The third-order valence-electron chi connectivity index (χ3n) is 3.94. The van der Waals surface area contributed by atoms with Crippen molar-refractivity contribution in [1.29, 1.82) is 0 Å². The van der Waals surface area contributed by atoms with Crippen LogP contribution in [0.2, 0.25) is 0 Å². The van der Waals surface area contributed by atoms with Crippen molar-refractivity contribution in [2.45, 2.75) is 4.90 Å². The molecule has 0 saturated carbocycles. The maximum atomic E-state index is 5.49. The first kappa shape index (κ1) is 15.7. The average molecular weight is 351 g/mol. The molecule has 4 aromatic rings. The predicted octanol–water partition coefficient (Wildman–Crippen LogP) is 4.09. The van der Waals surface area contributed by atoms with E-state index in [9.17, 15) is 0 Å². The summed E-state index contributed by atoms with van der Waals surface area (Å²) >= 11 is 1.54. The third-order valence-corrected chi connectivity index (χ3v) is 4.63. The fourth-order valence-electron chi connectivity index (χ4n) is 2.86. The molecular weight excluding hydrogens is 334 g/mol. The molecule has 0 spiro atoms. The van der Waals surface area contributed by atoms with E-state index in [0.29, 0.717) is 0 Å². The molecular formula is C18H17N5OS. The van der Waals surface area contributed by atoms with Crippen LogP contribution in [0.3, 0.4) is 0 Å². The van der Waals surface area contributed by atoms with Gasteiger partial charge >= 0.3 is 0 Å². The van der Waals surface area contributed by atoms with Gasteiger partial charge in [0, 0.05) is 15.8 Å². The molecule has 2 aromatic carbocycles. The van der Waals surface area contributed by atoms with Gasteiger partial charge in [0.25, 0.3) is 0 Å². The number of benzene rings is 2. The van der Waals surface area contributed by atoms with Crippen molar-refractivity contribution < 1.29 is 4.74 Å². The molecule has 0 aliphatic carbocycles. The van der Waals surface area contributed by atoms with E-state index in [0.717, 1.165) is 44.1 Å². The van der Waals surface area contributed by atoms with Crippen molar-refractivity contribution in [3.05, 3.63) is 48.8 Å². The Labute approximate surface area is 149 Å². The van der Waals surface area contributed by atoms with Crippen molar-refractivity contribution in [2.75, 3.05) is 19.5 Å². The van der Waals surface area contributed by atoms with E-state index in [2.05, 4.69) is 31.1 Å². The van der Waals surface area contributed by atoms with Crippen molar-refractivity contribution >= 4 is 45.4 Å². The Morgan fingerprint density at radius 1 is 1.12 bits per heavy atom. The predicted molar refractivity (Wildman–Crippen MR) is 103 cm³/mol. The van der Waals surface area contributed by atoms with Crippen LogP contribution in [0.1, 0.15) is 0 Å². The molecule has 0 radical (unpaired) electrons. The largest absolute Gasteiger partial charge is 0.495 e. The van der Waals surface area contributed by atoms with Gasteiger partial charge in [0.15, 0.2) is 0 Å². The molecule has 6 nitrogen and oxygen atoms in total. The lowest BCUT2D eigenvalue weighted by Gasteiger charge is -2.12. The maximum Gasteiger partial charge on any atom is 0.144 e. The Morgan fingerprint density at radius 3 is 2.84 bits per heavy atom. The molecule has 126 valence electrons. The van der Waals surface area contributed by atoms with E-state index in [1.54, 1.807) is 25.4 Å². The van der Waals surface area contributed by atoms with Gasteiger partial charge in [-0.3, -0.25) is 4.72 Å². The molecule has 0 aliphatic heterocycles. The van der Waals surface area contributed by atoms with E-state index in [1.807, 2.05) is 43.4 Å². The number of fused-ring (bicyclic) bond motifs is 3. The van der Waals surface area contributed by atoms with Crippen LogP contribution in [0.15, 0.2) is 53.7 Å². The minimum Gasteiger partial charge on any atom is -0.495 e. The summed E-state index contributed by atoms with van der Waals surface area (Å²) in [5, 5.41) is 5.45. The molecule has 7 heteroatoms. The van der Waals surface area contributed by atoms with Crippen molar-refractivity contribution in [3.63, 3.8) is 0 Å². The van der Waals surface area contributed by atoms with Crippen molar-refractivity contribution in [3.8, 4) is 5.75 Å². The molecule has 0 saturated heterocycles. The number of rotatable bonds is 5. The first-order chi connectivity index (χ1) is 12.3. The van der Waals surface area contributed by atoms with Crippen LogP contribution in [0.25, 0.3) is 21.9 Å². The van der Waals surface area contributed by atoms with Crippen LogP contribution in [0.5, 0.6) is 5.75 Å². The lowest BCUT2D eigenvalue weighted by atomic mass is 10.2. The van der Waals surface area contributed by atoms with Gasteiger partial charge in [0.2, 0.25) is 0 Å².